The standard InChI is InChI=1S/C16H16ClFN2O/c1-2-10-6-7-11(8-15(10)19)20-16(21)9-12-13(17)4-3-5-14(12)18/h3-8H,2,9,19H2,1H3,(H,20,21). The van der Waals surface area contributed by atoms with E-state index >= 15 is 0 Å². The lowest BCUT2D eigenvalue weighted by Crippen LogP contribution is -2.15. The molecule has 0 saturated heterocycles. The number of nitrogen functional groups attached to an aromatic ring is 1. The summed E-state index contributed by atoms with van der Waals surface area (Å²) in [7, 11) is 0. The van der Waals surface area contributed by atoms with Gasteiger partial charge in [-0.05, 0) is 36.2 Å². The third kappa shape index (κ3) is 3.73. The van der Waals surface area contributed by atoms with Crippen LogP contribution in [-0.2, 0) is 17.6 Å². The maximum atomic E-state index is 13.6. The monoisotopic (exact) mass is 306 g/mol. The fourth-order valence-electron chi connectivity index (χ4n) is 2.06. The first kappa shape index (κ1) is 15.3. The van der Waals surface area contributed by atoms with Crippen LogP contribution < -0.4 is 11.1 Å². The first-order chi connectivity index (χ1) is 10.0. The number of anilines is 2. The van der Waals surface area contributed by atoms with Crippen molar-refractivity contribution >= 4 is 28.9 Å². The number of hydrogen-bond donors (Lipinski definition) is 2. The second-order valence-corrected chi connectivity index (χ2v) is 5.10. The van der Waals surface area contributed by atoms with Gasteiger partial charge in [0.25, 0.3) is 0 Å². The topological polar surface area (TPSA) is 55.1 Å². The highest BCUT2D eigenvalue weighted by Gasteiger charge is 2.12. The Morgan fingerprint density at radius 3 is 2.71 bits per heavy atom. The number of nitrogens with one attached hydrogen (secondary N) is 1. The van der Waals surface area contributed by atoms with E-state index in [9.17, 15) is 9.18 Å². The Morgan fingerprint density at radius 2 is 2.10 bits per heavy atom. The predicted molar refractivity (Wildman–Crippen MR) is 84.0 cm³/mol. The molecule has 0 atom stereocenters. The third-order valence-corrected chi connectivity index (χ3v) is 3.56. The van der Waals surface area contributed by atoms with E-state index in [1.54, 1.807) is 18.2 Å². The lowest BCUT2D eigenvalue weighted by Gasteiger charge is -2.10. The zero-order valence-corrected chi connectivity index (χ0v) is 12.4. The van der Waals surface area contributed by atoms with Crippen LogP contribution in [0.2, 0.25) is 5.02 Å². The zero-order valence-electron chi connectivity index (χ0n) is 11.6. The molecule has 0 aliphatic carbocycles. The van der Waals surface area contributed by atoms with Crippen LogP contribution in [0, 0.1) is 5.82 Å². The van der Waals surface area contributed by atoms with E-state index in [2.05, 4.69) is 5.32 Å². The van der Waals surface area contributed by atoms with Crippen molar-refractivity contribution in [2.45, 2.75) is 19.8 Å². The molecule has 110 valence electrons. The van der Waals surface area contributed by atoms with E-state index in [1.807, 2.05) is 13.0 Å². The molecule has 0 aliphatic rings. The molecular weight excluding hydrogens is 291 g/mol. The summed E-state index contributed by atoms with van der Waals surface area (Å²) in [5.41, 5.74) is 8.29. The highest BCUT2D eigenvalue weighted by Crippen LogP contribution is 2.21. The van der Waals surface area contributed by atoms with E-state index in [0.717, 1.165) is 12.0 Å². The molecule has 0 saturated carbocycles. The molecule has 2 aromatic rings. The van der Waals surface area contributed by atoms with Gasteiger partial charge in [0.1, 0.15) is 5.82 Å². The Hall–Kier alpha value is -2.07. The third-order valence-electron chi connectivity index (χ3n) is 3.21. The quantitative estimate of drug-likeness (QED) is 0.844. The van der Waals surface area contributed by atoms with Crippen molar-refractivity contribution in [2.24, 2.45) is 0 Å². The molecule has 21 heavy (non-hydrogen) atoms. The van der Waals surface area contributed by atoms with E-state index in [0.29, 0.717) is 11.4 Å². The molecule has 0 spiro atoms. The highest BCUT2D eigenvalue weighted by atomic mass is 35.5. The van der Waals surface area contributed by atoms with E-state index in [1.165, 1.54) is 12.1 Å². The SMILES string of the molecule is CCc1ccc(NC(=O)Cc2c(F)cccc2Cl)cc1N. The van der Waals surface area contributed by atoms with Gasteiger partial charge in [-0.1, -0.05) is 30.7 Å². The van der Waals surface area contributed by atoms with Gasteiger partial charge in [0.05, 0.1) is 6.42 Å². The second kappa shape index (κ2) is 6.59. The number of carbonyl (C=O) groups excluding carboxylic acids is 1. The maximum absolute atomic E-state index is 13.6. The summed E-state index contributed by atoms with van der Waals surface area (Å²) >= 11 is 5.90. The molecule has 3 N–H and O–H groups in total. The molecule has 0 bridgehead atoms. The van der Waals surface area contributed by atoms with Gasteiger partial charge in [-0.15, -0.1) is 0 Å². The summed E-state index contributed by atoms with van der Waals surface area (Å²) in [6, 6.07) is 9.67. The number of aryl methyl sites for hydroxylation is 1. The fourth-order valence-corrected chi connectivity index (χ4v) is 2.29. The summed E-state index contributed by atoms with van der Waals surface area (Å²) in [5, 5.41) is 2.93. The van der Waals surface area contributed by atoms with Crippen LogP contribution in [0.15, 0.2) is 36.4 Å². The number of amides is 1. The molecule has 0 aliphatic heterocycles. The minimum absolute atomic E-state index is 0.124. The molecule has 0 aromatic heterocycles. The first-order valence-electron chi connectivity index (χ1n) is 6.62. The van der Waals surface area contributed by atoms with Crippen molar-refractivity contribution in [3.8, 4) is 0 Å². The van der Waals surface area contributed by atoms with Gasteiger partial charge in [0.2, 0.25) is 5.91 Å². The number of carbonyl (C=O) groups is 1. The molecular formula is C16H16ClFN2O. The van der Waals surface area contributed by atoms with Crippen molar-refractivity contribution in [3.05, 3.63) is 58.4 Å². The normalized spacial score (nSPS) is 10.4. The Bertz CT molecular complexity index is 653. The van der Waals surface area contributed by atoms with E-state index in [-0.39, 0.29) is 22.9 Å². The van der Waals surface area contributed by atoms with Gasteiger partial charge in [-0.2, -0.15) is 0 Å². The molecule has 0 unspecified atom stereocenters. The molecule has 5 heteroatoms. The van der Waals surface area contributed by atoms with E-state index in [4.69, 9.17) is 17.3 Å². The van der Waals surface area contributed by atoms with Gasteiger partial charge < -0.3 is 11.1 Å². The van der Waals surface area contributed by atoms with Crippen LogP contribution >= 0.6 is 11.6 Å². The Balaban J connectivity index is 2.10. The Labute approximate surface area is 127 Å². The molecule has 0 fully saturated rings. The highest BCUT2D eigenvalue weighted by molar-refractivity contribution is 6.31. The Kier molecular flexibility index (Phi) is 4.81. The van der Waals surface area contributed by atoms with Gasteiger partial charge >= 0.3 is 0 Å². The smallest absolute Gasteiger partial charge is 0.228 e. The first-order valence-corrected chi connectivity index (χ1v) is 7.00. The van der Waals surface area contributed by atoms with E-state index < -0.39 is 5.82 Å². The number of benzene rings is 2. The number of rotatable bonds is 4. The largest absolute Gasteiger partial charge is 0.398 e. The summed E-state index contributed by atoms with van der Waals surface area (Å²) in [5.74, 6) is -0.829. The average Bonchev–Trinajstić information content (AvgIpc) is 2.43. The number of nitrogens with two attached hydrogens (primary N) is 1. The molecule has 2 aromatic carbocycles. The summed E-state index contributed by atoms with van der Waals surface area (Å²) in [6.07, 6.45) is 0.700. The fraction of sp³-hybridized carbons (Fsp3) is 0.188. The van der Waals surface area contributed by atoms with Crippen molar-refractivity contribution in [1.82, 2.24) is 0 Å². The minimum Gasteiger partial charge on any atom is -0.398 e. The zero-order chi connectivity index (χ0) is 15.4. The predicted octanol–water partition coefficient (Wildman–Crippen LogP) is 3.80. The van der Waals surface area contributed by atoms with Crippen molar-refractivity contribution in [1.29, 1.82) is 0 Å². The maximum Gasteiger partial charge on any atom is 0.228 e. The van der Waals surface area contributed by atoms with Crippen LogP contribution in [-0.4, -0.2) is 5.91 Å². The molecule has 0 heterocycles. The van der Waals surface area contributed by atoms with Gasteiger partial charge in [-0.25, -0.2) is 4.39 Å². The van der Waals surface area contributed by atoms with Crippen LogP contribution in [0.4, 0.5) is 15.8 Å². The van der Waals surface area contributed by atoms with Crippen molar-refractivity contribution in [2.75, 3.05) is 11.1 Å². The summed E-state index contributed by atoms with van der Waals surface area (Å²) in [4.78, 5) is 12.0. The van der Waals surface area contributed by atoms with Crippen LogP contribution in [0.25, 0.3) is 0 Å². The number of halogens is 2. The number of hydrogen-bond acceptors (Lipinski definition) is 2. The Morgan fingerprint density at radius 1 is 1.33 bits per heavy atom. The van der Waals surface area contributed by atoms with Crippen molar-refractivity contribution in [3.63, 3.8) is 0 Å². The van der Waals surface area contributed by atoms with Gasteiger partial charge in [0, 0.05) is 22.0 Å². The van der Waals surface area contributed by atoms with Gasteiger partial charge in [0.15, 0.2) is 0 Å². The van der Waals surface area contributed by atoms with Crippen LogP contribution in [0.1, 0.15) is 18.1 Å². The summed E-state index contributed by atoms with van der Waals surface area (Å²) < 4.78 is 13.6. The second-order valence-electron chi connectivity index (χ2n) is 4.69. The molecule has 0 radical (unpaired) electrons. The molecule has 2 rings (SSSR count). The molecule has 1 amide bonds. The van der Waals surface area contributed by atoms with Crippen molar-refractivity contribution < 1.29 is 9.18 Å². The summed E-state index contributed by atoms with van der Waals surface area (Å²) in [6.45, 7) is 2.00. The van der Waals surface area contributed by atoms with Crippen LogP contribution in [0.5, 0.6) is 0 Å². The minimum atomic E-state index is -0.488. The lowest BCUT2D eigenvalue weighted by molar-refractivity contribution is -0.115. The lowest BCUT2D eigenvalue weighted by atomic mass is 10.1. The molecule has 3 nitrogen and oxygen atoms in total. The average molecular weight is 307 g/mol. The van der Waals surface area contributed by atoms with Gasteiger partial charge in [-0.3, -0.25) is 4.79 Å². The van der Waals surface area contributed by atoms with Crippen LogP contribution in [0.3, 0.4) is 0 Å².